The third kappa shape index (κ3) is 3.09. The van der Waals surface area contributed by atoms with Gasteiger partial charge in [0.15, 0.2) is 0 Å². The lowest BCUT2D eigenvalue weighted by Gasteiger charge is -2.59. The molecule has 1 N–H and O–H groups in total. The Bertz CT molecular complexity index is 854. The van der Waals surface area contributed by atoms with Gasteiger partial charge in [0.25, 0.3) is 0 Å². The van der Waals surface area contributed by atoms with Crippen molar-refractivity contribution in [2.45, 2.75) is 71.3 Å². The lowest BCUT2D eigenvalue weighted by Crippen LogP contribution is -2.56. The molecule has 4 nitrogen and oxygen atoms in total. The molecule has 5 rings (SSSR count). The lowest BCUT2D eigenvalue weighted by atomic mass is 9.47. The van der Waals surface area contributed by atoms with Gasteiger partial charge in [-0.25, -0.2) is 0 Å². The van der Waals surface area contributed by atoms with Gasteiger partial charge >= 0.3 is 5.97 Å². The van der Waals surface area contributed by atoms with E-state index in [0.717, 1.165) is 50.6 Å². The summed E-state index contributed by atoms with van der Waals surface area (Å²) in [5, 5.41) is 3.82. The second kappa shape index (κ2) is 7.25. The van der Waals surface area contributed by atoms with Crippen molar-refractivity contribution in [3.63, 3.8) is 0 Å². The Morgan fingerprint density at radius 3 is 2.50 bits per heavy atom. The molecule has 5 heteroatoms. The van der Waals surface area contributed by atoms with Crippen LogP contribution < -0.4 is 5.32 Å². The van der Waals surface area contributed by atoms with Gasteiger partial charge in [-0.2, -0.15) is 0 Å². The second-order valence-electron chi connectivity index (χ2n) is 10.6. The number of halogens is 1. The Kier molecular flexibility index (Phi) is 4.92. The smallest absolute Gasteiger partial charge is 0.306 e. The van der Waals surface area contributed by atoms with E-state index in [-0.39, 0.29) is 34.7 Å². The number of hydrogen-bond acceptors (Lipinski definition) is 3. The quantitative estimate of drug-likeness (QED) is 0.600. The minimum Gasteiger partial charge on any atom is -0.462 e. The van der Waals surface area contributed by atoms with E-state index in [4.69, 9.17) is 16.3 Å². The third-order valence-electron chi connectivity index (χ3n) is 9.35. The highest BCUT2D eigenvalue weighted by molar-refractivity contribution is 6.30. The van der Waals surface area contributed by atoms with Crippen LogP contribution in [0, 0.1) is 34.5 Å². The van der Waals surface area contributed by atoms with E-state index in [1.165, 1.54) is 0 Å². The summed E-state index contributed by atoms with van der Waals surface area (Å²) in [4.78, 5) is 25.1. The molecular weight excluding hydrogens is 398 g/mol. The van der Waals surface area contributed by atoms with Crippen molar-refractivity contribution in [2.75, 3.05) is 5.32 Å². The maximum absolute atomic E-state index is 13.2. The van der Waals surface area contributed by atoms with Crippen LogP contribution in [0.15, 0.2) is 24.3 Å². The van der Waals surface area contributed by atoms with Crippen molar-refractivity contribution < 1.29 is 14.3 Å². The average Bonchev–Trinajstić information content (AvgIpc) is 3.07. The summed E-state index contributed by atoms with van der Waals surface area (Å²) in [5.41, 5.74) is 0.996. The predicted molar refractivity (Wildman–Crippen MR) is 117 cm³/mol. The number of benzene rings is 1. The molecule has 30 heavy (non-hydrogen) atoms. The summed E-state index contributed by atoms with van der Waals surface area (Å²) < 4.78 is 5.80. The van der Waals surface area contributed by atoms with Crippen molar-refractivity contribution in [2.24, 2.45) is 34.5 Å². The normalized spacial score (nSPS) is 42.5. The molecule has 3 saturated carbocycles. The second-order valence-corrected chi connectivity index (χ2v) is 11.0. The van der Waals surface area contributed by atoms with E-state index in [9.17, 15) is 9.59 Å². The minimum absolute atomic E-state index is 0.0172. The number of nitrogens with one attached hydrogen (secondary N) is 1. The van der Waals surface area contributed by atoms with Crippen LogP contribution in [0.4, 0.5) is 5.69 Å². The van der Waals surface area contributed by atoms with Crippen LogP contribution in [0.5, 0.6) is 0 Å². The van der Waals surface area contributed by atoms with E-state index in [0.29, 0.717) is 29.2 Å². The van der Waals surface area contributed by atoms with Gasteiger partial charge in [0.2, 0.25) is 5.91 Å². The van der Waals surface area contributed by atoms with E-state index >= 15 is 0 Å². The van der Waals surface area contributed by atoms with E-state index in [2.05, 4.69) is 19.2 Å². The Morgan fingerprint density at radius 2 is 1.73 bits per heavy atom. The number of carbonyl (C=O) groups is 2. The highest BCUT2D eigenvalue weighted by atomic mass is 35.5. The first kappa shape index (κ1) is 20.4. The highest BCUT2D eigenvalue weighted by Crippen LogP contribution is 2.66. The lowest BCUT2D eigenvalue weighted by molar-refractivity contribution is -0.192. The average molecular weight is 430 g/mol. The van der Waals surface area contributed by atoms with Gasteiger partial charge in [0.1, 0.15) is 6.10 Å². The zero-order valence-corrected chi connectivity index (χ0v) is 18.7. The predicted octanol–water partition coefficient (Wildman–Crippen LogP) is 5.84. The van der Waals surface area contributed by atoms with Crippen LogP contribution in [-0.2, 0) is 14.3 Å². The van der Waals surface area contributed by atoms with E-state index < -0.39 is 0 Å². The summed E-state index contributed by atoms with van der Waals surface area (Å²) >= 11 is 5.98. The Hall–Kier alpha value is -1.55. The van der Waals surface area contributed by atoms with Crippen molar-refractivity contribution in [3.05, 3.63) is 29.3 Å². The SMILES string of the molecule is C[C@]12CCC3C(CC[C@@H]4OC(=O)CC[C@]34C)C1CC[C@@H]2C(=O)Nc1ccc(Cl)cc1. The summed E-state index contributed by atoms with van der Waals surface area (Å²) in [5.74, 6) is 2.06. The van der Waals surface area contributed by atoms with Crippen LogP contribution in [0.3, 0.4) is 0 Å². The molecule has 3 aliphatic carbocycles. The standard InChI is InChI=1S/C25H32ClNO3/c1-24-13-11-19-17(7-10-21-25(19,2)14-12-22(28)30-21)18(24)8-9-20(24)23(29)27-16-5-3-15(26)4-6-16/h3-6,17-21H,7-14H2,1-2H3,(H,27,29)/t17?,18?,19?,20-,21+,24+,25-/m1/s1. The number of esters is 1. The van der Waals surface area contributed by atoms with Crippen LogP contribution in [0.25, 0.3) is 0 Å². The zero-order chi connectivity index (χ0) is 21.1. The molecule has 0 aromatic heterocycles. The van der Waals surface area contributed by atoms with Crippen molar-refractivity contribution in [1.82, 2.24) is 0 Å². The minimum atomic E-state index is -0.0172. The first-order valence-corrected chi connectivity index (χ1v) is 11.9. The summed E-state index contributed by atoms with van der Waals surface area (Å²) in [6.07, 6.45) is 8.07. The first-order valence-electron chi connectivity index (χ1n) is 11.6. The molecular formula is C25H32ClNO3. The molecule has 162 valence electrons. The molecule has 1 amide bonds. The molecule has 1 saturated heterocycles. The largest absolute Gasteiger partial charge is 0.462 e. The summed E-state index contributed by atoms with van der Waals surface area (Å²) in [6.45, 7) is 4.73. The molecule has 7 atom stereocenters. The monoisotopic (exact) mass is 429 g/mol. The number of carbonyl (C=O) groups excluding carboxylic acids is 2. The van der Waals surface area contributed by atoms with Gasteiger partial charge in [-0.05, 0) is 92.4 Å². The number of anilines is 1. The fourth-order valence-corrected chi connectivity index (χ4v) is 7.87. The Labute approximate surface area is 184 Å². The van der Waals surface area contributed by atoms with E-state index in [1.807, 2.05) is 24.3 Å². The molecule has 1 aromatic rings. The van der Waals surface area contributed by atoms with E-state index in [1.54, 1.807) is 0 Å². The third-order valence-corrected chi connectivity index (χ3v) is 9.60. The van der Waals surface area contributed by atoms with Crippen molar-refractivity contribution >= 4 is 29.2 Å². The van der Waals surface area contributed by atoms with Gasteiger partial charge in [-0.15, -0.1) is 0 Å². The number of fused-ring (bicyclic) bond motifs is 5. The Morgan fingerprint density at radius 1 is 1.00 bits per heavy atom. The first-order chi connectivity index (χ1) is 14.3. The molecule has 4 fully saturated rings. The molecule has 4 aliphatic rings. The summed E-state index contributed by atoms with van der Waals surface area (Å²) in [7, 11) is 0. The fourth-order valence-electron chi connectivity index (χ4n) is 7.74. The maximum atomic E-state index is 13.2. The van der Waals surface area contributed by atoms with Gasteiger partial charge in [0, 0.05) is 28.5 Å². The van der Waals surface area contributed by atoms with Gasteiger partial charge < -0.3 is 10.1 Å². The van der Waals surface area contributed by atoms with Crippen LogP contribution in [-0.4, -0.2) is 18.0 Å². The number of hydrogen-bond donors (Lipinski definition) is 1. The molecule has 1 heterocycles. The highest BCUT2D eigenvalue weighted by Gasteiger charge is 2.62. The molecule has 0 bridgehead atoms. The molecule has 0 radical (unpaired) electrons. The van der Waals surface area contributed by atoms with Gasteiger partial charge in [0.05, 0.1) is 0 Å². The fraction of sp³-hybridized carbons (Fsp3) is 0.680. The van der Waals surface area contributed by atoms with Crippen molar-refractivity contribution in [1.29, 1.82) is 0 Å². The van der Waals surface area contributed by atoms with Crippen LogP contribution >= 0.6 is 11.6 Å². The van der Waals surface area contributed by atoms with Crippen LogP contribution in [0.1, 0.15) is 65.2 Å². The summed E-state index contributed by atoms with van der Waals surface area (Å²) in [6, 6.07) is 7.38. The molecule has 0 spiro atoms. The molecule has 1 aromatic carbocycles. The van der Waals surface area contributed by atoms with Gasteiger partial charge in [-0.1, -0.05) is 25.4 Å². The Balaban J connectivity index is 1.34. The number of ether oxygens (including phenoxy) is 1. The van der Waals surface area contributed by atoms with Crippen molar-refractivity contribution in [3.8, 4) is 0 Å². The van der Waals surface area contributed by atoms with Gasteiger partial charge in [-0.3, -0.25) is 9.59 Å². The molecule has 1 aliphatic heterocycles. The maximum Gasteiger partial charge on any atom is 0.306 e. The zero-order valence-electron chi connectivity index (χ0n) is 18.0. The number of amides is 1. The number of rotatable bonds is 2. The van der Waals surface area contributed by atoms with Crippen LogP contribution in [0.2, 0.25) is 5.02 Å². The topological polar surface area (TPSA) is 55.4 Å². The molecule has 3 unspecified atom stereocenters.